The van der Waals surface area contributed by atoms with Gasteiger partial charge in [-0.2, -0.15) is 0 Å². The van der Waals surface area contributed by atoms with Gasteiger partial charge in [0.1, 0.15) is 5.75 Å². The Kier molecular flexibility index (Phi) is 4.59. The van der Waals surface area contributed by atoms with Crippen molar-refractivity contribution in [3.8, 4) is 5.75 Å². The standard InChI is InChI=1S/C17H23ClN2O2/c1-2-7-22-16-6-5-12(8-14(16)18)17(21)20-9-13(11-3-4-11)15(19)10-20/h5-6,8,11,13,15H,2-4,7,9-10,19H2,1H3/t13-,15+/m0/s1. The maximum absolute atomic E-state index is 12.6. The molecule has 1 saturated carbocycles. The van der Waals surface area contributed by atoms with Crippen molar-refractivity contribution in [2.45, 2.75) is 32.2 Å². The van der Waals surface area contributed by atoms with Crippen LogP contribution in [-0.2, 0) is 0 Å². The lowest BCUT2D eigenvalue weighted by molar-refractivity contribution is 0.0785. The fourth-order valence-electron chi connectivity index (χ4n) is 3.19. The minimum absolute atomic E-state index is 0.0162. The van der Waals surface area contributed by atoms with E-state index in [4.69, 9.17) is 22.1 Å². The topological polar surface area (TPSA) is 55.6 Å². The molecule has 1 aromatic carbocycles. The van der Waals surface area contributed by atoms with Crippen LogP contribution in [-0.4, -0.2) is 36.5 Å². The van der Waals surface area contributed by atoms with E-state index < -0.39 is 0 Å². The van der Waals surface area contributed by atoms with E-state index >= 15 is 0 Å². The number of halogens is 1. The summed E-state index contributed by atoms with van der Waals surface area (Å²) in [6.45, 7) is 4.08. The molecule has 3 rings (SSSR count). The first-order valence-electron chi connectivity index (χ1n) is 8.07. The van der Waals surface area contributed by atoms with Crippen LogP contribution in [0.15, 0.2) is 18.2 Å². The molecule has 4 nitrogen and oxygen atoms in total. The van der Waals surface area contributed by atoms with E-state index in [0.717, 1.165) is 18.9 Å². The van der Waals surface area contributed by atoms with Crippen molar-refractivity contribution in [3.63, 3.8) is 0 Å². The molecule has 2 aliphatic rings. The molecule has 22 heavy (non-hydrogen) atoms. The Morgan fingerprint density at radius 1 is 1.41 bits per heavy atom. The second-order valence-corrected chi connectivity index (χ2v) is 6.78. The van der Waals surface area contributed by atoms with Crippen LogP contribution in [0, 0.1) is 11.8 Å². The summed E-state index contributed by atoms with van der Waals surface area (Å²) in [7, 11) is 0. The molecular formula is C17H23ClN2O2. The van der Waals surface area contributed by atoms with Crippen LogP contribution in [0.3, 0.4) is 0 Å². The molecule has 1 aliphatic carbocycles. The van der Waals surface area contributed by atoms with E-state index in [1.807, 2.05) is 11.8 Å². The van der Waals surface area contributed by atoms with Crippen molar-refractivity contribution in [2.75, 3.05) is 19.7 Å². The largest absolute Gasteiger partial charge is 0.492 e. The SMILES string of the molecule is CCCOc1ccc(C(=O)N2C[C@@H](N)[C@H](C3CC3)C2)cc1Cl. The Morgan fingerprint density at radius 3 is 2.82 bits per heavy atom. The van der Waals surface area contributed by atoms with E-state index in [1.54, 1.807) is 18.2 Å². The van der Waals surface area contributed by atoms with E-state index in [0.29, 0.717) is 35.4 Å². The second kappa shape index (κ2) is 6.47. The number of likely N-dealkylation sites (tertiary alicyclic amines) is 1. The normalized spacial score (nSPS) is 24.6. The molecule has 1 amide bonds. The Morgan fingerprint density at radius 2 is 2.18 bits per heavy atom. The molecule has 0 spiro atoms. The highest BCUT2D eigenvalue weighted by Gasteiger charge is 2.42. The van der Waals surface area contributed by atoms with Gasteiger partial charge in [-0.05, 0) is 49.3 Å². The van der Waals surface area contributed by atoms with Gasteiger partial charge in [0.15, 0.2) is 0 Å². The summed E-state index contributed by atoms with van der Waals surface area (Å²) in [5, 5.41) is 0.488. The monoisotopic (exact) mass is 322 g/mol. The lowest BCUT2D eigenvalue weighted by atomic mass is 9.99. The minimum atomic E-state index is 0.0162. The second-order valence-electron chi connectivity index (χ2n) is 6.37. The first kappa shape index (κ1) is 15.6. The van der Waals surface area contributed by atoms with Crippen LogP contribution in [0.1, 0.15) is 36.5 Å². The van der Waals surface area contributed by atoms with Crippen molar-refractivity contribution >= 4 is 17.5 Å². The number of hydrogen-bond donors (Lipinski definition) is 1. The maximum Gasteiger partial charge on any atom is 0.253 e. The van der Waals surface area contributed by atoms with E-state index in [-0.39, 0.29) is 11.9 Å². The number of nitrogens with zero attached hydrogens (tertiary/aromatic N) is 1. The zero-order valence-electron chi connectivity index (χ0n) is 12.9. The average Bonchev–Trinajstić information content (AvgIpc) is 3.28. The molecule has 2 atom stereocenters. The van der Waals surface area contributed by atoms with Gasteiger partial charge in [-0.1, -0.05) is 18.5 Å². The van der Waals surface area contributed by atoms with Crippen molar-refractivity contribution in [1.29, 1.82) is 0 Å². The molecule has 120 valence electrons. The van der Waals surface area contributed by atoms with Crippen LogP contribution in [0.2, 0.25) is 5.02 Å². The van der Waals surface area contributed by atoms with Gasteiger partial charge in [0.05, 0.1) is 11.6 Å². The summed E-state index contributed by atoms with van der Waals surface area (Å²) in [6, 6.07) is 5.37. The molecule has 1 aliphatic heterocycles. The van der Waals surface area contributed by atoms with Gasteiger partial charge in [-0.15, -0.1) is 0 Å². The summed E-state index contributed by atoms with van der Waals surface area (Å²) >= 11 is 6.21. The van der Waals surface area contributed by atoms with Crippen molar-refractivity contribution in [2.24, 2.45) is 17.6 Å². The first-order chi connectivity index (χ1) is 10.6. The fourth-order valence-corrected chi connectivity index (χ4v) is 3.42. The van der Waals surface area contributed by atoms with E-state index in [9.17, 15) is 4.79 Å². The summed E-state index contributed by atoms with van der Waals surface area (Å²) < 4.78 is 5.54. The molecule has 0 radical (unpaired) electrons. The van der Waals surface area contributed by atoms with Gasteiger partial charge in [-0.3, -0.25) is 4.79 Å². The summed E-state index contributed by atoms with van der Waals surface area (Å²) in [4.78, 5) is 14.5. The van der Waals surface area contributed by atoms with Crippen LogP contribution in [0.25, 0.3) is 0 Å². The molecule has 0 bridgehead atoms. The summed E-state index contributed by atoms with van der Waals surface area (Å²) in [5.41, 5.74) is 6.80. The predicted molar refractivity (Wildman–Crippen MR) is 87.3 cm³/mol. The molecule has 1 aromatic rings. The van der Waals surface area contributed by atoms with Crippen LogP contribution in [0.4, 0.5) is 0 Å². The number of hydrogen-bond acceptors (Lipinski definition) is 3. The van der Waals surface area contributed by atoms with Gasteiger partial charge in [-0.25, -0.2) is 0 Å². The molecule has 1 heterocycles. The Labute approximate surface area is 136 Å². The van der Waals surface area contributed by atoms with Crippen LogP contribution < -0.4 is 10.5 Å². The third kappa shape index (κ3) is 3.23. The third-order valence-corrected chi connectivity index (χ3v) is 4.86. The van der Waals surface area contributed by atoms with Gasteiger partial charge in [0.25, 0.3) is 5.91 Å². The third-order valence-electron chi connectivity index (χ3n) is 4.57. The molecule has 1 saturated heterocycles. The Balaban J connectivity index is 1.68. The van der Waals surface area contributed by atoms with Crippen molar-refractivity contribution in [1.82, 2.24) is 4.90 Å². The lowest BCUT2D eigenvalue weighted by Crippen LogP contribution is -2.32. The molecule has 0 aromatic heterocycles. The molecular weight excluding hydrogens is 300 g/mol. The molecule has 2 fully saturated rings. The average molecular weight is 323 g/mol. The van der Waals surface area contributed by atoms with Crippen LogP contribution in [0.5, 0.6) is 5.75 Å². The molecule has 0 unspecified atom stereocenters. The number of rotatable bonds is 5. The number of carbonyl (C=O) groups excluding carboxylic acids is 1. The zero-order valence-corrected chi connectivity index (χ0v) is 13.7. The number of ether oxygens (including phenoxy) is 1. The van der Waals surface area contributed by atoms with E-state index in [2.05, 4.69) is 0 Å². The zero-order chi connectivity index (χ0) is 15.7. The van der Waals surface area contributed by atoms with Crippen molar-refractivity contribution < 1.29 is 9.53 Å². The molecule has 2 N–H and O–H groups in total. The van der Waals surface area contributed by atoms with Gasteiger partial charge < -0.3 is 15.4 Å². The number of amides is 1. The summed E-state index contributed by atoms with van der Waals surface area (Å²) in [5.74, 6) is 1.84. The lowest BCUT2D eigenvalue weighted by Gasteiger charge is -2.17. The van der Waals surface area contributed by atoms with Crippen LogP contribution >= 0.6 is 11.6 Å². The predicted octanol–water partition coefficient (Wildman–Crippen LogP) is 2.94. The van der Waals surface area contributed by atoms with E-state index in [1.165, 1.54) is 12.8 Å². The maximum atomic E-state index is 12.6. The highest BCUT2D eigenvalue weighted by Crippen LogP contribution is 2.41. The Bertz CT molecular complexity index is 560. The summed E-state index contributed by atoms with van der Waals surface area (Å²) in [6.07, 6.45) is 3.44. The number of carbonyl (C=O) groups is 1. The highest BCUT2D eigenvalue weighted by molar-refractivity contribution is 6.32. The highest BCUT2D eigenvalue weighted by atomic mass is 35.5. The van der Waals surface area contributed by atoms with Gasteiger partial charge in [0, 0.05) is 24.7 Å². The molecule has 5 heteroatoms. The number of benzene rings is 1. The smallest absolute Gasteiger partial charge is 0.253 e. The van der Waals surface area contributed by atoms with Gasteiger partial charge in [0.2, 0.25) is 0 Å². The Hall–Kier alpha value is -1.26. The number of nitrogens with two attached hydrogens (primary N) is 1. The minimum Gasteiger partial charge on any atom is -0.492 e. The first-order valence-corrected chi connectivity index (χ1v) is 8.45. The van der Waals surface area contributed by atoms with Crippen molar-refractivity contribution in [3.05, 3.63) is 28.8 Å². The fraction of sp³-hybridized carbons (Fsp3) is 0.588. The van der Waals surface area contributed by atoms with Gasteiger partial charge >= 0.3 is 0 Å². The quantitative estimate of drug-likeness (QED) is 0.906.